The molecule has 0 aliphatic carbocycles. The van der Waals surface area contributed by atoms with Crippen molar-refractivity contribution in [2.75, 3.05) is 0 Å². The highest BCUT2D eigenvalue weighted by atomic mass is 19.4. The summed E-state index contributed by atoms with van der Waals surface area (Å²) in [6.45, 7) is 1.21. The van der Waals surface area contributed by atoms with Crippen LogP contribution in [0.4, 0.5) is 13.2 Å². The van der Waals surface area contributed by atoms with Crippen LogP contribution in [0.2, 0.25) is 0 Å². The van der Waals surface area contributed by atoms with Crippen molar-refractivity contribution in [3.05, 3.63) is 22.7 Å². The van der Waals surface area contributed by atoms with E-state index in [0.29, 0.717) is 5.01 Å². The van der Waals surface area contributed by atoms with E-state index in [-0.39, 0.29) is 17.1 Å². The van der Waals surface area contributed by atoms with Crippen LogP contribution in [-0.2, 0) is 0 Å². The Morgan fingerprint density at radius 3 is 2.13 bits per heavy atom. The predicted octanol–water partition coefficient (Wildman–Crippen LogP) is -0.574. The van der Waals surface area contributed by atoms with Crippen molar-refractivity contribution in [1.82, 2.24) is 5.01 Å². The van der Waals surface area contributed by atoms with Gasteiger partial charge in [-0.3, -0.25) is 5.01 Å². The lowest BCUT2D eigenvalue weighted by Crippen LogP contribution is -2.55. The van der Waals surface area contributed by atoms with Gasteiger partial charge in [-0.25, -0.2) is 5.84 Å². The zero-order valence-corrected chi connectivity index (χ0v) is 7.97. The van der Waals surface area contributed by atoms with Crippen molar-refractivity contribution in [3.63, 3.8) is 0 Å². The second kappa shape index (κ2) is 3.31. The number of nitrogens with zero attached hydrogens (tertiary/aromatic N) is 1. The molecule has 8 heteroatoms. The number of nitrogens with two attached hydrogens (primary N) is 4. The molecule has 0 fully saturated rings. The van der Waals surface area contributed by atoms with Crippen LogP contribution in [0, 0.1) is 0 Å². The second-order valence-corrected chi connectivity index (χ2v) is 3.19. The molecule has 0 aromatic heterocycles. The summed E-state index contributed by atoms with van der Waals surface area (Å²) in [5, 5.41) is 0.602. The number of alkyl halides is 3. The Hall–Kier alpha value is -1.41. The fraction of sp³-hybridized carbons (Fsp3) is 0.429. The van der Waals surface area contributed by atoms with Gasteiger partial charge < -0.3 is 17.2 Å². The maximum absolute atomic E-state index is 12.6. The summed E-state index contributed by atoms with van der Waals surface area (Å²) in [5.41, 5.74) is 14.7. The summed E-state index contributed by atoms with van der Waals surface area (Å²) < 4.78 is 37.7. The average Bonchev–Trinajstić information content (AvgIpc) is 2.09. The molecule has 0 bridgehead atoms. The molecule has 1 unspecified atom stereocenters. The van der Waals surface area contributed by atoms with E-state index in [1.54, 1.807) is 0 Å². The van der Waals surface area contributed by atoms with Crippen molar-refractivity contribution in [3.8, 4) is 0 Å². The topological polar surface area (TPSA) is 107 Å². The molecular weight excluding hydrogens is 211 g/mol. The summed E-state index contributed by atoms with van der Waals surface area (Å²) in [6.07, 6.45) is -6.11. The van der Waals surface area contributed by atoms with Crippen LogP contribution in [0.3, 0.4) is 0 Å². The van der Waals surface area contributed by atoms with E-state index in [1.807, 2.05) is 0 Å². The Balaban J connectivity index is 3.35. The molecule has 0 saturated heterocycles. The molecule has 15 heavy (non-hydrogen) atoms. The van der Waals surface area contributed by atoms with E-state index in [9.17, 15) is 13.2 Å². The zero-order valence-electron chi connectivity index (χ0n) is 7.97. The molecule has 1 aliphatic heterocycles. The van der Waals surface area contributed by atoms with Crippen molar-refractivity contribution < 1.29 is 13.2 Å². The highest BCUT2D eigenvalue weighted by Gasteiger charge is 2.44. The number of halogens is 3. The molecular formula is C7H12F3N5. The van der Waals surface area contributed by atoms with Crippen molar-refractivity contribution >= 4 is 0 Å². The summed E-state index contributed by atoms with van der Waals surface area (Å²) in [6, 6.07) is 0. The van der Waals surface area contributed by atoms with E-state index in [1.165, 1.54) is 6.92 Å². The van der Waals surface area contributed by atoms with Gasteiger partial charge in [-0.15, -0.1) is 0 Å². The fourth-order valence-corrected chi connectivity index (χ4v) is 1.37. The van der Waals surface area contributed by atoms with Crippen LogP contribution in [0.15, 0.2) is 22.7 Å². The first-order valence-electron chi connectivity index (χ1n) is 4.01. The first-order valence-corrected chi connectivity index (χ1v) is 4.01. The van der Waals surface area contributed by atoms with Gasteiger partial charge in [-0.05, 0) is 12.5 Å². The zero-order chi connectivity index (χ0) is 12.0. The third kappa shape index (κ3) is 1.73. The Morgan fingerprint density at radius 1 is 1.27 bits per heavy atom. The van der Waals surface area contributed by atoms with Gasteiger partial charge in [0.05, 0.1) is 11.3 Å². The van der Waals surface area contributed by atoms with Crippen molar-refractivity contribution in [2.24, 2.45) is 23.0 Å². The quantitative estimate of drug-likeness (QED) is 0.411. The Bertz CT molecular complexity index is 343. The molecule has 0 radical (unpaired) electrons. The number of hydrogen-bond donors (Lipinski definition) is 4. The van der Waals surface area contributed by atoms with Gasteiger partial charge in [0.2, 0.25) is 0 Å². The molecule has 1 aliphatic rings. The summed E-state index contributed by atoms with van der Waals surface area (Å²) >= 11 is 0. The summed E-state index contributed by atoms with van der Waals surface area (Å²) in [5.74, 6) is 5.11. The maximum Gasteiger partial charge on any atom is 0.416 e. The van der Waals surface area contributed by atoms with Gasteiger partial charge in [0.25, 0.3) is 0 Å². The van der Waals surface area contributed by atoms with Crippen LogP contribution < -0.4 is 23.0 Å². The average molecular weight is 223 g/mol. The minimum absolute atomic E-state index is 0.159. The standard InChI is InChI=1S/C7H12F3N5/c1-2-3(7(8,9)10)5(12)15(14)6(13)4(2)11/h5H,11-14H2,1H3. The minimum atomic E-state index is -4.58. The molecule has 5 nitrogen and oxygen atoms in total. The third-order valence-corrected chi connectivity index (χ3v) is 2.26. The SMILES string of the molecule is CC1=C(C(F)(F)F)C(N)N(N)C(N)=C1N. The van der Waals surface area contributed by atoms with E-state index in [0.717, 1.165) is 0 Å². The van der Waals surface area contributed by atoms with Gasteiger partial charge in [0.1, 0.15) is 12.0 Å². The summed E-state index contributed by atoms with van der Waals surface area (Å²) in [4.78, 5) is 0. The first kappa shape index (κ1) is 11.7. The Kier molecular flexibility index (Phi) is 2.58. The van der Waals surface area contributed by atoms with Crippen LogP contribution in [0.5, 0.6) is 0 Å². The Labute approximate surface area is 84.1 Å². The third-order valence-electron chi connectivity index (χ3n) is 2.26. The normalized spacial score (nSPS) is 23.9. The van der Waals surface area contributed by atoms with Gasteiger partial charge in [0.15, 0.2) is 0 Å². The largest absolute Gasteiger partial charge is 0.416 e. The molecule has 1 heterocycles. The maximum atomic E-state index is 12.6. The van der Waals surface area contributed by atoms with Crippen molar-refractivity contribution in [2.45, 2.75) is 19.3 Å². The van der Waals surface area contributed by atoms with Gasteiger partial charge in [-0.1, -0.05) is 0 Å². The summed E-state index contributed by atoms with van der Waals surface area (Å²) in [7, 11) is 0. The fourth-order valence-electron chi connectivity index (χ4n) is 1.37. The first-order chi connectivity index (χ1) is 6.68. The number of hydrogen-bond acceptors (Lipinski definition) is 5. The smallest absolute Gasteiger partial charge is 0.396 e. The van der Waals surface area contributed by atoms with Crippen molar-refractivity contribution in [1.29, 1.82) is 0 Å². The molecule has 8 N–H and O–H groups in total. The van der Waals surface area contributed by atoms with Crippen LogP contribution in [-0.4, -0.2) is 17.4 Å². The van der Waals surface area contributed by atoms with Crippen LogP contribution >= 0.6 is 0 Å². The van der Waals surface area contributed by atoms with E-state index in [4.69, 9.17) is 23.0 Å². The lowest BCUT2D eigenvalue weighted by atomic mass is 10.00. The minimum Gasteiger partial charge on any atom is -0.396 e. The molecule has 0 spiro atoms. The monoisotopic (exact) mass is 223 g/mol. The molecule has 86 valence electrons. The molecule has 0 aromatic carbocycles. The van der Waals surface area contributed by atoms with E-state index >= 15 is 0 Å². The Morgan fingerprint density at radius 2 is 1.73 bits per heavy atom. The molecule has 0 amide bonds. The van der Waals surface area contributed by atoms with Crippen LogP contribution in [0.25, 0.3) is 0 Å². The van der Waals surface area contributed by atoms with Gasteiger partial charge in [0, 0.05) is 0 Å². The second-order valence-electron chi connectivity index (χ2n) is 3.19. The lowest BCUT2D eigenvalue weighted by molar-refractivity contribution is -0.102. The van der Waals surface area contributed by atoms with E-state index < -0.39 is 17.9 Å². The highest BCUT2D eigenvalue weighted by molar-refractivity contribution is 5.41. The highest BCUT2D eigenvalue weighted by Crippen LogP contribution is 2.35. The van der Waals surface area contributed by atoms with Gasteiger partial charge >= 0.3 is 6.18 Å². The number of rotatable bonds is 0. The number of hydrazine groups is 1. The van der Waals surface area contributed by atoms with Gasteiger partial charge in [-0.2, -0.15) is 13.2 Å². The van der Waals surface area contributed by atoms with E-state index in [2.05, 4.69) is 0 Å². The molecule has 1 rings (SSSR count). The number of allylic oxidation sites excluding steroid dienone is 1. The predicted molar refractivity (Wildman–Crippen MR) is 48.2 cm³/mol. The molecule has 1 atom stereocenters. The molecule has 0 aromatic rings. The molecule has 0 saturated carbocycles. The van der Waals surface area contributed by atoms with Crippen LogP contribution in [0.1, 0.15) is 6.92 Å². The lowest BCUT2D eigenvalue weighted by Gasteiger charge is -2.35.